The van der Waals surface area contributed by atoms with Crippen LogP contribution >= 0.6 is 0 Å². The van der Waals surface area contributed by atoms with E-state index in [4.69, 9.17) is 4.74 Å². The van der Waals surface area contributed by atoms with Crippen molar-refractivity contribution in [3.05, 3.63) is 62.6 Å². The summed E-state index contributed by atoms with van der Waals surface area (Å²) >= 11 is 0. The van der Waals surface area contributed by atoms with Crippen molar-refractivity contribution in [3.63, 3.8) is 0 Å². The minimum Gasteiger partial charge on any atom is -0.462 e. The summed E-state index contributed by atoms with van der Waals surface area (Å²) in [5, 5.41) is 6.40. The highest BCUT2D eigenvalue weighted by molar-refractivity contribution is 5.89. The van der Waals surface area contributed by atoms with Crippen LogP contribution in [0.1, 0.15) is 52.5 Å². The molecule has 0 amide bonds. The Kier molecular flexibility index (Phi) is 4.75. The van der Waals surface area contributed by atoms with E-state index in [0.717, 1.165) is 16.8 Å². The molecule has 1 heterocycles. The maximum atomic E-state index is 12.0. The third kappa shape index (κ3) is 3.24. The summed E-state index contributed by atoms with van der Waals surface area (Å²) in [5.41, 5.74) is 3.72. The first-order valence-corrected chi connectivity index (χ1v) is 7.28. The molecule has 116 valence electrons. The minimum atomic E-state index is -0.331. The number of aryl methyl sites for hydroxylation is 2. The van der Waals surface area contributed by atoms with Crippen molar-refractivity contribution in [1.29, 1.82) is 0 Å². The molecular formula is C17H20N2O3. The lowest BCUT2D eigenvalue weighted by Crippen LogP contribution is -2.18. The van der Waals surface area contributed by atoms with Crippen LogP contribution in [-0.2, 0) is 4.74 Å². The van der Waals surface area contributed by atoms with Gasteiger partial charge in [-0.15, -0.1) is 0 Å². The molecule has 1 atom stereocenters. The van der Waals surface area contributed by atoms with Gasteiger partial charge in [-0.2, -0.15) is 5.10 Å². The van der Waals surface area contributed by atoms with Crippen LogP contribution in [0, 0.1) is 13.8 Å². The fourth-order valence-corrected chi connectivity index (χ4v) is 2.52. The molecule has 1 aromatic carbocycles. The van der Waals surface area contributed by atoms with Crippen LogP contribution in [0.3, 0.4) is 0 Å². The molecule has 0 saturated heterocycles. The van der Waals surface area contributed by atoms with E-state index in [9.17, 15) is 9.59 Å². The highest BCUT2D eigenvalue weighted by atomic mass is 16.5. The van der Waals surface area contributed by atoms with Gasteiger partial charge in [0.15, 0.2) is 0 Å². The van der Waals surface area contributed by atoms with Gasteiger partial charge in [-0.05, 0) is 50.1 Å². The molecule has 2 aromatic rings. The molecule has 2 rings (SSSR count). The largest absolute Gasteiger partial charge is 0.462 e. The van der Waals surface area contributed by atoms with E-state index in [2.05, 4.69) is 10.2 Å². The second-order valence-corrected chi connectivity index (χ2v) is 5.31. The van der Waals surface area contributed by atoms with E-state index in [1.165, 1.54) is 0 Å². The number of nitrogens with zero attached hydrogens (tertiary/aromatic N) is 1. The topological polar surface area (TPSA) is 72.0 Å². The first kappa shape index (κ1) is 15.9. The van der Waals surface area contributed by atoms with Crippen LogP contribution in [0.2, 0.25) is 0 Å². The molecule has 0 bridgehead atoms. The maximum Gasteiger partial charge on any atom is 0.338 e. The summed E-state index contributed by atoms with van der Waals surface area (Å²) in [4.78, 5) is 23.7. The van der Waals surface area contributed by atoms with Gasteiger partial charge in [-0.25, -0.2) is 9.89 Å². The number of ether oxygens (including phenoxy) is 1. The van der Waals surface area contributed by atoms with Crippen molar-refractivity contribution in [1.82, 2.24) is 10.2 Å². The first-order valence-electron chi connectivity index (χ1n) is 7.28. The Bertz CT molecular complexity index is 750. The number of carbonyl (C=O) groups excluding carboxylic acids is 1. The van der Waals surface area contributed by atoms with E-state index in [1.807, 2.05) is 26.8 Å². The Balaban J connectivity index is 2.38. The number of aromatic nitrogens is 2. The number of esters is 1. The number of hydrogen-bond donors (Lipinski definition) is 1. The minimum absolute atomic E-state index is 0.0818. The molecule has 1 N–H and O–H groups in total. The van der Waals surface area contributed by atoms with Gasteiger partial charge in [-0.3, -0.25) is 4.79 Å². The summed E-state index contributed by atoms with van der Waals surface area (Å²) in [6.07, 6.45) is 0. The molecular weight excluding hydrogens is 280 g/mol. The van der Waals surface area contributed by atoms with Gasteiger partial charge in [0, 0.05) is 11.5 Å². The van der Waals surface area contributed by atoms with Crippen LogP contribution in [0.15, 0.2) is 29.1 Å². The fraction of sp³-hybridized carbons (Fsp3) is 0.353. The Hall–Kier alpha value is -2.43. The van der Waals surface area contributed by atoms with Crippen LogP contribution in [0.4, 0.5) is 0 Å². The van der Waals surface area contributed by atoms with Gasteiger partial charge in [0.2, 0.25) is 0 Å². The lowest BCUT2D eigenvalue weighted by molar-refractivity contribution is 0.0526. The molecule has 0 spiro atoms. The maximum absolute atomic E-state index is 12.0. The predicted molar refractivity (Wildman–Crippen MR) is 84.2 cm³/mol. The average molecular weight is 300 g/mol. The Morgan fingerprint density at radius 3 is 2.64 bits per heavy atom. The Morgan fingerprint density at radius 1 is 1.27 bits per heavy atom. The summed E-state index contributed by atoms with van der Waals surface area (Å²) in [5.74, 6) is -0.413. The predicted octanol–water partition coefficient (Wildman–Crippen LogP) is 2.72. The highest BCUT2D eigenvalue weighted by Crippen LogP contribution is 2.25. The number of hydrogen-bond acceptors (Lipinski definition) is 4. The van der Waals surface area contributed by atoms with Crippen molar-refractivity contribution in [2.45, 2.75) is 33.6 Å². The molecule has 5 heteroatoms. The van der Waals surface area contributed by atoms with E-state index in [-0.39, 0.29) is 17.4 Å². The lowest BCUT2D eigenvalue weighted by atomic mass is 9.90. The molecule has 0 aliphatic carbocycles. The molecule has 0 radical (unpaired) electrons. The molecule has 0 aliphatic heterocycles. The van der Waals surface area contributed by atoms with Crippen LogP contribution < -0.4 is 5.56 Å². The fourth-order valence-electron chi connectivity index (χ4n) is 2.52. The quantitative estimate of drug-likeness (QED) is 0.881. The standard InChI is InChI=1S/C17H20N2O3/c1-5-22-17(21)13-6-7-14(10(2)8-13)12(4)15-9-11(3)18-19-16(15)20/h6-9,12H,5H2,1-4H3,(H,19,20). The van der Waals surface area contributed by atoms with Gasteiger partial charge >= 0.3 is 5.97 Å². The Labute approximate surface area is 129 Å². The molecule has 0 fully saturated rings. The smallest absolute Gasteiger partial charge is 0.338 e. The summed E-state index contributed by atoms with van der Waals surface area (Å²) < 4.78 is 5.00. The van der Waals surface area contributed by atoms with Crippen molar-refractivity contribution >= 4 is 5.97 Å². The lowest BCUT2D eigenvalue weighted by Gasteiger charge is -2.15. The normalized spacial score (nSPS) is 12.0. The molecule has 1 aromatic heterocycles. The zero-order chi connectivity index (χ0) is 16.3. The van der Waals surface area contributed by atoms with E-state index >= 15 is 0 Å². The SMILES string of the molecule is CCOC(=O)c1ccc(C(C)c2cc(C)n[nH]c2=O)c(C)c1. The molecule has 0 aliphatic rings. The second-order valence-electron chi connectivity index (χ2n) is 5.31. The van der Waals surface area contributed by atoms with Gasteiger partial charge in [0.1, 0.15) is 0 Å². The molecule has 22 heavy (non-hydrogen) atoms. The van der Waals surface area contributed by atoms with Gasteiger partial charge in [0.05, 0.1) is 17.9 Å². The van der Waals surface area contributed by atoms with Crippen molar-refractivity contribution in [3.8, 4) is 0 Å². The molecule has 1 unspecified atom stereocenters. The summed E-state index contributed by atoms with van der Waals surface area (Å²) in [6, 6.07) is 7.20. The van der Waals surface area contributed by atoms with Crippen LogP contribution in [0.25, 0.3) is 0 Å². The molecule has 5 nitrogen and oxygen atoms in total. The van der Waals surface area contributed by atoms with Gasteiger partial charge < -0.3 is 4.74 Å². The highest BCUT2D eigenvalue weighted by Gasteiger charge is 2.16. The van der Waals surface area contributed by atoms with Crippen molar-refractivity contribution in [2.75, 3.05) is 6.61 Å². The summed E-state index contributed by atoms with van der Waals surface area (Å²) in [7, 11) is 0. The van der Waals surface area contributed by atoms with Crippen molar-refractivity contribution < 1.29 is 9.53 Å². The van der Waals surface area contributed by atoms with Crippen LogP contribution in [0.5, 0.6) is 0 Å². The number of benzene rings is 1. The molecule has 0 saturated carbocycles. The van der Waals surface area contributed by atoms with E-state index < -0.39 is 0 Å². The Morgan fingerprint density at radius 2 is 2.00 bits per heavy atom. The van der Waals surface area contributed by atoms with Gasteiger partial charge in [-0.1, -0.05) is 13.0 Å². The number of nitrogens with one attached hydrogen (secondary N) is 1. The summed E-state index contributed by atoms with van der Waals surface area (Å²) in [6.45, 7) is 7.86. The number of rotatable bonds is 4. The van der Waals surface area contributed by atoms with Crippen molar-refractivity contribution in [2.24, 2.45) is 0 Å². The average Bonchev–Trinajstić information content (AvgIpc) is 2.49. The number of aromatic amines is 1. The van der Waals surface area contributed by atoms with E-state index in [1.54, 1.807) is 25.1 Å². The number of H-pyrrole nitrogens is 1. The van der Waals surface area contributed by atoms with Gasteiger partial charge in [0.25, 0.3) is 5.56 Å². The first-order chi connectivity index (χ1) is 10.4. The zero-order valence-corrected chi connectivity index (χ0v) is 13.3. The van der Waals surface area contributed by atoms with Crippen LogP contribution in [-0.4, -0.2) is 22.8 Å². The number of carbonyl (C=O) groups is 1. The monoisotopic (exact) mass is 300 g/mol. The van der Waals surface area contributed by atoms with E-state index in [0.29, 0.717) is 17.7 Å². The second kappa shape index (κ2) is 6.56. The third-order valence-electron chi connectivity index (χ3n) is 3.67. The third-order valence-corrected chi connectivity index (χ3v) is 3.67. The zero-order valence-electron chi connectivity index (χ0n) is 13.3.